The first-order valence-corrected chi connectivity index (χ1v) is 9.38. The van der Waals surface area contributed by atoms with E-state index in [-0.39, 0.29) is 18.2 Å². The van der Waals surface area contributed by atoms with Gasteiger partial charge in [-0.1, -0.05) is 36.4 Å². The molecule has 1 saturated heterocycles. The third kappa shape index (κ3) is 2.91. The molecule has 1 fully saturated rings. The van der Waals surface area contributed by atoms with E-state index in [1.54, 1.807) is 6.07 Å². The Morgan fingerprint density at radius 2 is 1.86 bits per heavy atom. The first-order valence-electron chi connectivity index (χ1n) is 9.38. The van der Waals surface area contributed by atoms with E-state index in [0.717, 1.165) is 16.7 Å². The zero-order chi connectivity index (χ0) is 20.0. The van der Waals surface area contributed by atoms with Crippen molar-refractivity contribution >= 4 is 17.7 Å². The van der Waals surface area contributed by atoms with Crippen molar-refractivity contribution in [3.8, 4) is 22.6 Å². The summed E-state index contributed by atoms with van der Waals surface area (Å²) in [6.07, 6.45) is 1.99. The standard InChI is InChI=1S/C22H17N3O4/c26-18-9-8-17(21(27)24-18)25-11-15-10-14(6-7-16(15)22(25)28)19-20(29-12-23-19)13-4-2-1-3-5-13/h1-7,10,12,17H,8-9,11H2,(H,24,26,27). The maximum Gasteiger partial charge on any atom is 0.255 e. The molecule has 0 bridgehead atoms. The quantitative estimate of drug-likeness (QED) is 0.698. The number of hydrogen-bond donors (Lipinski definition) is 1. The predicted octanol–water partition coefficient (Wildman–Crippen LogP) is 2.77. The van der Waals surface area contributed by atoms with Crippen molar-refractivity contribution in [1.82, 2.24) is 15.2 Å². The second-order valence-corrected chi connectivity index (χ2v) is 7.17. The highest BCUT2D eigenvalue weighted by atomic mass is 16.3. The molecule has 0 radical (unpaired) electrons. The molecule has 2 aliphatic heterocycles. The lowest BCUT2D eigenvalue weighted by molar-refractivity contribution is -0.136. The fraction of sp³-hybridized carbons (Fsp3) is 0.182. The van der Waals surface area contributed by atoms with Crippen LogP contribution in [0.3, 0.4) is 0 Å². The number of rotatable bonds is 3. The summed E-state index contributed by atoms with van der Waals surface area (Å²) in [5, 5.41) is 2.32. The predicted molar refractivity (Wildman–Crippen MR) is 103 cm³/mol. The maximum atomic E-state index is 12.8. The van der Waals surface area contributed by atoms with Crippen LogP contribution in [0.1, 0.15) is 28.8 Å². The molecule has 144 valence electrons. The van der Waals surface area contributed by atoms with Crippen molar-refractivity contribution in [2.75, 3.05) is 0 Å². The molecule has 1 atom stereocenters. The van der Waals surface area contributed by atoms with Gasteiger partial charge in [0, 0.05) is 29.7 Å². The fourth-order valence-electron chi connectivity index (χ4n) is 3.97. The van der Waals surface area contributed by atoms with Crippen LogP contribution in [-0.2, 0) is 16.1 Å². The minimum absolute atomic E-state index is 0.190. The van der Waals surface area contributed by atoms with Crippen LogP contribution in [0, 0.1) is 0 Å². The van der Waals surface area contributed by atoms with Gasteiger partial charge in [-0.3, -0.25) is 19.7 Å². The Balaban J connectivity index is 1.47. The lowest BCUT2D eigenvalue weighted by Gasteiger charge is -2.29. The molecule has 7 heteroatoms. The highest BCUT2D eigenvalue weighted by Gasteiger charge is 2.39. The molecule has 3 amide bonds. The normalized spacial score (nSPS) is 18.7. The molecule has 5 rings (SSSR count). The molecular formula is C22H17N3O4. The monoisotopic (exact) mass is 387 g/mol. The summed E-state index contributed by atoms with van der Waals surface area (Å²) in [5.74, 6) is -0.232. The Morgan fingerprint density at radius 1 is 1.03 bits per heavy atom. The van der Waals surface area contributed by atoms with Gasteiger partial charge in [-0.2, -0.15) is 0 Å². The largest absolute Gasteiger partial charge is 0.443 e. The molecule has 0 saturated carbocycles. The molecule has 3 aromatic rings. The van der Waals surface area contributed by atoms with Gasteiger partial charge >= 0.3 is 0 Å². The zero-order valence-electron chi connectivity index (χ0n) is 15.4. The highest BCUT2D eigenvalue weighted by molar-refractivity contribution is 6.05. The Labute approximate surface area is 166 Å². The van der Waals surface area contributed by atoms with Gasteiger partial charge in [0.15, 0.2) is 12.2 Å². The Morgan fingerprint density at radius 3 is 2.66 bits per heavy atom. The van der Waals surface area contributed by atoms with Crippen LogP contribution in [-0.4, -0.2) is 33.6 Å². The van der Waals surface area contributed by atoms with Crippen LogP contribution < -0.4 is 5.32 Å². The van der Waals surface area contributed by atoms with Gasteiger partial charge in [0.1, 0.15) is 11.7 Å². The van der Waals surface area contributed by atoms with Gasteiger partial charge < -0.3 is 9.32 Å². The van der Waals surface area contributed by atoms with Gasteiger partial charge in [0.05, 0.1) is 0 Å². The van der Waals surface area contributed by atoms with Crippen LogP contribution >= 0.6 is 0 Å². The van der Waals surface area contributed by atoms with E-state index in [9.17, 15) is 14.4 Å². The summed E-state index contributed by atoms with van der Waals surface area (Å²) in [6, 6.07) is 14.6. The van der Waals surface area contributed by atoms with Gasteiger partial charge in [0.2, 0.25) is 11.8 Å². The molecule has 3 heterocycles. The average molecular weight is 387 g/mol. The number of aromatic nitrogens is 1. The van der Waals surface area contributed by atoms with Crippen molar-refractivity contribution in [1.29, 1.82) is 0 Å². The fourth-order valence-corrected chi connectivity index (χ4v) is 3.97. The Bertz CT molecular complexity index is 1140. The van der Waals surface area contributed by atoms with E-state index >= 15 is 0 Å². The second-order valence-electron chi connectivity index (χ2n) is 7.17. The van der Waals surface area contributed by atoms with E-state index in [4.69, 9.17) is 4.42 Å². The molecule has 1 N–H and O–H groups in total. The molecule has 0 aliphatic carbocycles. The van der Waals surface area contributed by atoms with Gasteiger partial charge in [-0.15, -0.1) is 0 Å². The van der Waals surface area contributed by atoms with Gasteiger partial charge in [0.25, 0.3) is 5.91 Å². The lowest BCUT2D eigenvalue weighted by atomic mass is 10.0. The molecule has 1 aromatic heterocycles. The molecule has 2 aliphatic rings. The van der Waals surface area contributed by atoms with Crippen LogP contribution in [0.4, 0.5) is 0 Å². The summed E-state index contributed by atoms with van der Waals surface area (Å²) in [6.45, 7) is 0.326. The number of fused-ring (bicyclic) bond motifs is 1. The number of amides is 3. The topological polar surface area (TPSA) is 92.5 Å². The highest BCUT2D eigenvalue weighted by Crippen LogP contribution is 2.35. The number of imide groups is 1. The third-order valence-electron chi connectivity index (χ3n) is 5.40. The smallest absolute Gasteiger partial charge is 0.255 e. The van der Waals surface area contributed by atoms with Crippen LogP contribution in [0.2, 0.25) is 0 Å². The van der Waals surface area contributed by atoms with Crippen molar-refractivity contribution in [2.45, 2.75) is 25.4 Å². The van der Waals surface area contributed by atoms with Crippen molar-refractivity contribution in [2.24, 2.45) is 0 Å². The van der Waals surface area contributed by atoms with Crippen molar-refractivity contribution in [3.63, 3.8) is 0 Å². The van der Waals surface area contributed by atoms with E-state index in [1.807, 2.05) is 42.5 Å². The van der Waals surface area contributed by atoms with E-state index in [1.165, 1.54) is 11.3 Å². The third-order valence-corrected chi connectivity index (χ3v) is 5.40. The van der Waals surface area contributed by atoms with E-state index < -0.39 is 11.9 Å². The molecule has 7 nitrogen and oxygen atoms in total. The minimum atomic E-state index is -0.622. The second kappa shape index (κ2) is 6.70. The van der Waals surface area contributed by atoms with E-state index in [2.05, 4.69) is 10.3 Å². The SMILES string of the molecule is O=C1CCC(N2Cc3cc(-c4ncoc4-c4ccccc4)ccc3C2=O)C(=O)N1. The number of benzene rings is 2. The lowest BCUT2D eigenvalue weighted by Crippen LogP contribution is -2.52. The first-order chi connectivity index (χ1) is 14.1. The first kappa shape index (κ1) is 17.4. The van der Waals surface area contributed by atoms with Crippen molar-refractivity contribution < 1.29 is 18.8 Å². The summed E-state index contributed by atoms with van der Waals surface area (Å²) in [7, 11) is 0. The molecule has 29 heavy (non-hydrogen) atoms. The minimum Gasteiger partial charge on any atom is -0.443 e. The maximum absolute atomic E-state index is 12.8. The number of piperidine rings is 1. The summed E-state index contributed by atoms with van der Waals surface area (Å²) < 4.78 is 5.61. The van der Waals surface area contributed by atoms with Crippen LogP contribution in [0.15, 0.2) is 59.3 Å². The molecular weight excluding hydrogens is 370 g/mol. The Hall–Kier alpha value is -3.74. The van der Waals surface area contributed by atoms with E-state index in [0.29, 0.717) is 30.0 Å². The Kier molecular flexibility index (Phi) is 4.01. The van der Waals surface area contributed by atoms with Gasteiger partial charge in [-0.25, -0.2) is 4.98 Å². The van der Waals surface area contributed by atoms with Gasteiger partial charge in [-0.05, 0) is 24.1 Å². The number of carbonyl (C=O) groups is 3. The summed E-state index contributed by atoms with van der Waals surface area (Å²) in [5.41, 5.74) is 3.87. The summed E-state index contributed by atoms with van der Waals surface area (Å²) >= 11 is 0. The molecule has 0 spiro atoms. The number of nitrogens with one attached hydrogen (secondary N) is 1. The number of oxazole rings is 1. The number of carbonyl (C=O) groups excluding carboxylic acids is 3. The van der Waals surface area contributed by atoms with Crippen LogP contribution in [0.5, 0.6) is 0 Å². The van der Waals surface area contributed by atoms with Crippen molar-refractivity contribution in [3.05, 3.63) is 66.1 Å². The number of nitrogens with zero attached hydrogens (tertiary/aromatic N) is 2. The number of hydrogen-bond acceptors (Lipinski definition) is 5. The molecule has 1 unspecified atom stereocenters. The zero-order valence-corrected chi connectivity index (χ0v) is 15.4. The average Bonchev–Trinajstić information content (AvgIpc) is 3.34. The summed E-state index contributed by atoms with van der Waals surface area (Å²) in [4.78, 5) is 42.3. The molecule has 2 aromatic carbocycles. The van der Waals surface area contributed by atoms with Crippen LogP contribution in [0.25, 0.3) is 22.6 Å².